The number of hydrogen-bond acceptors (Lipinski definition) is 6. The Bertz CT molecular complexity index is 1400. The van der Waals surface area contributed by atoms with Crippen LogP contribution in [0.5, 0.6) is 0 Å². The third-order valence-corrected chi connectivity index (χ3v) is 5.82. The Morgan fingerprint density at radius 1 is 1.32 bits per heavy atom. The van der Waals surface area contributed by atoms with Gasteiger partial charge in [-0.2, -0.15) is 18.3 Å². The molecule has 1 aliphatic rings. The lowest BCUT2D eigenvalue weighted by Gasteiger charge is -2.33. The van der Waals surface area contributed by atoms with Crippen molar-refractivity contribution in [2.24, 2.45) is 0 Å². The highest BCUT2D eigenvalue weighted by atomic mass is 35.5. The van der Waals surface area contributed by atoms with Crippen LogP contribution in [-0.4, -0.2) is 47.0 Å². The Morgan fingerprint density at radius 3 is 2.76 bits per heavy atom. The Kier molecular flexibility index (Phi) is 4.99. The lowest BCUT2D eigenvalue weighted by molar-refractivity contribution is -0.141. The van der Waals surface area contributed by atoms with Crippen molar-refractivity contribution < 1.29 is 27.5 Å². The second-order valence-electron chi connectivity index (χ2n) is 8.43. The lowest BCUT2D eigenvalue weighted by atomic mass is 9.99. The molecule has 9 nitrogen and oxygen atoms in total. The van der Waals surface area contributed by atoms with Crippen molar-refractivity contribution in [3.05, 3.63) is 70.2 Å². The summed E-state index contributed by atoms with van der Waals surface area (Å²) in [6.07, 6.45) is -3.19. The first-order valence-corrected chi connectivity index (χ1v) is 10.6. The van der Waals surface area contributed by atoms with Gasteiger partial charge in [0.15, 0.2) is 5.69 Å². The number of aromatic nitrogens is 5. The SMILES string of the molecule is CC(C)(O)c1nc(C(F)(F)F)c(C(=O)N2CCc3[nH]cnc3[C@@H]2c2cc3cccc(Cl)n3n2)o1. The molecule has 2 N–H and O–H groups in total. The first kappa shape index (κ1) is 22.4. The minimum atomic E-state index is -4.97. The molecule has 0 aliphatic carbocycles. The number of hydrogen-bond donors (Lipinski definition) is 2. The Morgan fingerprint density at radius 2 is 2.09 bits per heavy atom. The van der Waals surface area contributed by atoms with Crippen LogP contribution in [0.4, 0.5) is 13.2 Å². The molecular formula is C21H18ClF3N6O3. The molecule has 0 bridgehead atoms. The van der Waals surface area contributed by atoms with Crippen LogP contribution in [0.15, 0.2) is 35.0 Å². The van der Waals surface area contributed by atoms with Crippen molar-refractivity contribution in [2.75, 3.05) is 6.54 Å². The number of nitrogens with zero attached hydrogens (tertiary/aromatic N) is 5. The molecule has 0 unspecified atom stereocenters. The summed E-state index contributed by atoms with van der Waals surface area (Å²) in [6.45, 7) is 2.50. The van der Waals surface area contributed by atoms with Crippen molar-refractivity contribution in [3.63, 3.8) is 0 Å². The van der Waals surface area contributed by atoms with Crippen molar-refractivity contribution >= 4 is 23.0 Å². The molecule has 0 fully saturated rings. The third-order valence-electron chi connectivity index (χ3n) is 5.54. The standard InChI is InChI=1S/C21H18ClF3N6O3/c1-20(2,33)19-28-17(21(23,24)25)16(34-19)18(32)30-7-6-11-14(27-9-26-11)15(30)12-8-10-4-3-5-13(22)31(10)29-12/h3-5,8-9,15,33H,6-7H2,1-2H3,(H,26,27)/t15-/m0/s1. The summed E-state index contributed by atoms with van der Waals surface area (Å²) in [5.41, 5.74) is -1.13. The number of carbonyl (C=O) groups excluding carboxylic acids is 1. The number of amides is 1. The number of carbonyl (C=O) groups is 1. The smallest absolute Gasteiger partial charge is 0.432 e. The van der Waals surface area contributed by atoms with Crippen LogP contribution < -0.4 is 0 Å². The van der Waals surface area contributed by atoms with E-state index < -0.39 is 41.1 Å². The molecule has 4 aromatic rings. The number of halogens is 4. The molecular weight excluding hydrogens is 477 g/mol. The Balaban J connectivity index is 1.65. The van der Waals surface area contributed by atoms with E-state index in [1.54, 1.807) is 24.3 Å². The lowest BCUT2D eigenvalue weighted by Crippen LogP contribution is -2.41. The molecule has 13 heteroatoms. The zero-order valence-electron chi connectivity index (χ0n) is 17.9. The molecule has 178 valence electrons. The highest BCUT2D eigenvalue weighted by Crippen LogP contribution is 2.39. The number of aromatic amines is 1. The molecule has 4 aromatic heterocycles. The quantitative estimate of drug-likeness (QED) is 0.420. The van der Waals surface area contributed by atoms with Gasteiger partial charge >= 0.3 is 6.18 Å². The number of fused-ring (bicyclic) bond motifs is 2. The highest BCUT2D eigenvalue weighted by molar-refractivity contribution is 6.29. The van der Waals surface area contributed by atoms with Crippen molar-refractivity contribution in [3.8, 4) is 0 Å². The fraction of sp³-hybridized carbons (Fsp3) is 0.333. The van der Waals surface area contributed by atoms with E-state index in [0.29, 0.717) is 28.5 Å². The minimum Gasteiger partial charge on any atom is -0.432 e. The van der Waals surface area contributed by atoms with Gasteiger partial charge in [0.1, 0.15) is 16.8 Å². The summed E-state index contributed by atoms with van der Waals surface area (Å²) >= 11 is 6.23. The zero-order chi connectivity index (χ0) is 24.4. The topological polar surface area (TPSA) is 113 Å². The maximum atomic E-state index is 13.7. The van der Waals surface area contributed by atoms with Crippen LogP contribution in [0.3, 0.4) is 0 Å². The second-order valence-corrected chi connectivity index (χ2v) is 8.81. The van der Waals surface area contributed by atoms with Gasteiger partial charge in [-0.1, -0.05) is 17.7 Å². The van der Waals surface area contributed by atoms with Crippen molar-refractivity contribution in [1.82, 2.24) is 29.5 Å². The van der Waals surface area contributed by atoms with E-state index in [4.69, 9.17) is 16.0 Å². The number of nitrogens with one attached hydrogen (secondary N) is 1. The van der Waals surface area contributed by atoms with Gasteiger partial charge < -0.3 is 19.4 Å². The molecule has 5 rings (SSSR count). The fourth-order valence-corrected chi connectivity index (χ4v) is 4.19. The van der Waals surface area contributed by atoms with Crippen molar-refractivity contribution in [1.29, 1.82) is 0 Å². The van der Waals surface area contributed by atoms with Crippen LogP contribution in [0.2, 0.25) is 5.15 Å². The molecule has 5 heterocycles. The normalized spacial score (nSPS) is 16.8. The first-order valence-electron chi connectivity index (χ1n) is 10.2. The highest BCUT2D eigenvalue weighted by Gasteiger charge is 2.46. The van der Waals surface area contributed by atoms with Gasteiger partial charge in [0.05, 0.1) is 23.2 Å². The van der Waals surface area contributed by atoms with E-state index in [9.17, 15) is 23.1 Å². The minimum absolute atomic E-state index is 0.0656. The summed E-state index contributed by atoms with van der Waals surface area (Å²) in [4.78, 5) is 25.4. The maximum absolute atomic E-state index is 13.7. The first-order chi connectivity index (χ1) is 15.9. The summed E-state index contributed by atoms with van der Waals surface area (Å²) < 4.78 is 47.9. The average molecular weight is 495 g/mol. The average Bonchev–Trinajstić information content (AvgIpc) is 3.48. The van der Waals surface area contributed by atoms with Gasteiger partial charge in [0.2, 0.25) is 11.7 Å². The molecule has 1 aliphatic heterocycles. The summed E-state index contributed by atoms with van der Waals surface area (Å²) in [5.74, 6) is -2.66. The number of aliphatic hydroxyl groups is 1. The molecule has 1 amide bonds. The van der Waals surface area contributed by atoms with Crippen LogP contribution in [0.25, 0.3) is 5.52 Å². The molecule has 0 spiro atoms. The number of pyridine rings is 1. The molecule has 0 aromatic carbocycles. The van der Waals surface area contributed by atoms with E-state index in [0.717, 1.165) is 5.69 Å². The summed E-state index contributed by atoms with van der Waals surface area (Å²) in [5, 5.41) is 14.9. The molecule has 0 saturated carbocycles. The molecule has 34 heavy (non-hydrogen) atoms. The van der Waals surface area contributed by atoms with Gasteiger partial charge in [-0.25, -0.2) is 14.5 Å². The van der Waals surface area contributed by atoms with Crippen LogP contribution in [0, 0.1) is 0 Å². The van der Waals surface area contributed by atoms with E-state index in [1.807, 2.05) is 0 Å². The van der Waals surface area contributed by atoms with Crippen LogP contribution in [-0.2, 0) is 18.2 Å². The van der Waals surface area contributed by atoms with Crippen LogP contribution >= 0.6 is 11.6 Å². The van der Waals surface area contributed by atoms with Crippen molar-refractivity contribution in [2.45, 2.75) is 38.1 Å². The maximum Gasteiger partial charge on any atom is 0.437 e. The zero-order valence-corrected chi connectivity index (χ0v) is 18.6. The Hall–Kier alpha value is -3.38. The number of alkyl halides is 3. The molecule has 0 radical (unpaired) electrons. The monoisotopic (exact) mass is 494 g/mol. The van der Waals surface area contributed by atoms with Crippen LogP contribution in [0.1, 0.15) is 59.1 Å². The predicted octanol–water partition coefficient (Wildman–Crippen LogP) is 3.73. The second kappa shape index (κ2) is 7.57. The van der Waals surface area contributed by atoms with E-state index >= 15 is 0 Å². The summed E-state index contributed by atoms with van der Waals surface area (Å²) in [7, 11) is 0. The summed E-state index contributed by atoms with van der Waals surface area (Å²) in [6, 6.07) is 5.91. The number of rotatable bonds is 3. The fourth-order valence-electron chi connectivity index (χ4n) is 3.98. The van der Waals surface area contributed by atoms with Gasteiger partial charge in [0, 0.05) is 18.7 Å². The Labute approximate surface area is 195 Å². The predicted molar refractivity (Wildman–Crippen MR) is 112 cm³/mol. The largest absolute Gasteiger partial charge is 0.437 e. The number of oxazole rings is 1. The third kappa shape index (κ3) is 3.62. The molecule has 1 atom stereocenters. The van der Waals surface area contributed by atoms with Gasteiger partial charge in [-0.05, 0) is 32.0 Å². The molecule has 0 saturated heterocycles. The van der Waals surface area contributed by atoms with Gasteiger partial charge in [-0.3, -0.25) is 4.79 Å². The van der Waals surface area contributed by atoms with Gasteiger partial charge in [-0.15, -0.1) is 0 Å². The van der Waals surface area contributed by atoms with E-state index in [-0.39, 0.29) is 6.54 Å². The number of H-pyrrole nitrogens is 1. The van der Waals surface area contributed by atoms with E-state index in [2.05, 4.69) is 20.1 Å². The number of imidazole rings is 1. The van der Waals surface area contributed by atoms with Gasteiger partial charge in [0.25, 0.3) is 5.91 Å². The van der Waals surface area contributed by atoms with E-state index in [1.165, 1.54) is 29.6 Å².